The summed E-state index contributed by atoms with van der Waals surface area (Å²) in [5, 5.41) is 18.6. The van der Waals surface area contributed by atoms with Crippen LogP contribution in [0, 0.1) is 0 Å². The SMILES string of the molecule is COc1ccc(N=Nc2ccc(O)c(C[NH+]3CCOCC3)c2)cc1. The molecule has 2 aromatic carbocycles. The molecule has 126 valence electrons. The lowest BCUT2D eigenvalue weighted by atomic mass is 10.1. The van der Waals surface area contributed by atoms with Gasteiger partial charge in [-0.25, -0.2) is 0 Å². The minimum absolute atomic E-state index is 0.303. The van der Waals surface area contributed by atoms with Crippen molar-refractivity contribution in [1.29, 1.82) is 0 Å². The van der Waals surface area contributed by atoms with Crippen molar-refractivity contribution in [1.82, 2.24) is 0 Å². The van der Waals surface area contributed by atoms with E-state index in [1.54, 1.807) is 19.2 Å². The van der Waals surface area contributed by atoms with Crippen LogP contribution in [0.15, 0.2) is 52.7 Å². The number of hydrogen-bond acceptors (Lipinski definition) is 5. The van der Waals surface area contributed by atoms with Gasteiger partial charge in [-0.05, 0) is 42.5 Å². The summed E-state index contributed by atoms with van der Waals surface area (Å²) in [7, 11) is 1.63. The Hall–Kier alpha value is -2.44. The first kappa shape index (κ1) is 16.4. The van der Waals surface area contributed by atoms with Crippen LogP contribution in [-0.2, 0) is 11.3 Å². The summed E-state index contributed by atoms with van der Waals surface area (Å²) in [5.41, 5.74) is 2.37. The molecule has 6 heteroatoms. The quantitative estimate of drug-likeness (QED) is 0.827. The van der Waals surface area contributed by atoms with Gasteiger partial charge in [0.15, 0.2) is 0 Å². The van der Waals surface area contributed by atoms with Crippen LogP contribution in [0.5, 0.6) is 11.5 Å². The van der Waals surface area contributed by atoms with E-state index >= 15 is 0 Å². The highest BCUT2D eigenvalue weighted by atomic mass is 16.5. The van der Waals surface area contributed by atoms with Crippen molar-refractivity contribution in [3.05, 3.63) is 48.0 Å². The highest BCUT2D eigenvalue weighted by molar-refractivity contribution is 5.47. The maximum absolute atomic E-state index is 10.1. The number of nitrogens with one attached hydrogen (secondary N) is 1. The van der Waals surface area contributed by atoms with E-state index in [0.717, 1.165) is 55.5 Å². The van der Waals surface area contributed by atoms with Crippen LogP contribution < -0.4 is 9.64 Å². The number of benzene rings is 2. The number of azo groups is 1. The number of rotatable bonds is 5. The van der Waals surface area contributed by atoms with Gasteiger partial charge in [-0.3, -0.25) is 0 Å². The van der Waals surface area contributed by atoms with E-state index < -0.39 is 0 Å². The van der Waals surface area contributed by atoms with Gasteiger partial charge in [0.25, 0.3) is 0 Å². The normalized spacial score (nSPS) is 15.7. The van der Waals surface area contributed by atoms with E-state index in [1.807, 2.05) is 30.3 Å². The molecule has 0 aliphatic carbocycles. The fraction of sp³-hybridized carbons (Fsp3) is 0.333. The molecule has 2 N–H and O–H groups in total. The molecule has 0 atom stereocenters. The zero-order valence-corrected chi connectivity index (χ0v) is 13.7. The van der Waals surface area contributed by atoms with E-state index in [-0.39, 0.29) is 0 Å². The van der Waals surface area contributed by atoms with Crippen molar-refractivity contribution in [3.8, 4) is 11.5 Å². The minimum Gasteiger partial charge on any atom is -0.507 e. The summed E-state index contributed by atoms with van der Waals surface area (Å²) in [6.07, 6.45) is 0. The van der Waals surface area contributed by atoms with Gasteiger partial charge in [-0.2, -0.15) is 10.2 Å². The van der Waals surface area contributed by atoms with Crippen LogP contribution in [0.1, 0.15) is 5.56 Å². The molecule has 1 aliphatic rings. The zero-order valence-electron chi connectivity index (χ0n) is 13.7. The highest BCUT2D eigenvalue weighted by Crippen LogP contribution is 2.25. The molecule has 0 saturated carbocycles. The van der Waals surface area contributed by atoms with Gasteiger partial charge in [-0.1, -0.05) is 0 Å². The summed E-state index contributed by atoms with van der Waals surface area (Å²) in [5.74, 6) is 1.09. The first-order chi connectivity index (χ1) is 11.7. The monoisotopic (exact) mass is 328 g/mol. The van der Waals surface area contributed by atoms with Crippen LogP contribution in [0.2, 0.25) is 0 Å². The standard InChI is InChI=1S/C18H21N3O3/c1-23-17-5-2-15(3-6-17)19-20-16-4-7-18(22)14(12-16)13-21-8-10-24-11-9-21/h2-7,12,22H,8-11,13H2,1H3/p+1. The summed E-state index contributed by atoms with van der Waals surface area (Å²) >= 11 is 0. The molecule has 0 spiro atoms. The van der Waals surface area contributed by atoms with Crippen molar-refractivity contribution >= 4 is 11.4 Å². The lowest BCUT2D eigenvalue weighted by molar-refractivity contribution is -0.921. The fourth-order valence-corrected chi connectivity index (χ4v) is 2.65. The van der Waals surface area contributed by atoms with Gasteiger partial charge in [0.1, 0.15) is 31.1 Å². The van der Waals surface area contributed by atoms with Gasteiger partial charge in [-0.15, -0.1) is 0 Å². The van der Waals surface area contributed by atoms with Crippen LogP contribution in [0.3, 0.4) is 0 Å². The number of phenolic OH excluding ortho intramolecular Hbond substituents is 1. The maximum atomic E-state index is 10.1. The lowest BCUT2D eigenvalue weighted by Gasteiger charge is -2.24. The van der Waals surface area contributed by atoms with Crippen LogP contribution in [0.4, 0.5) is 11.4 Å². The first-order valence-corrected chi connectivity index (χ1v) is 8.03. The van der Waals surface area contributed by atoms with Crippen LogP contribution >= 0.6 is 0 Å². The Morgan fingerprint density at radius 2 is 1.71 bits per heavy atom. The largest absolute Gasteiger partial charge is 0.507 e. The van der Waals surface area contributed by atoms with Crippen molar-refractivity contribution in [3.63, 3.8) is 0 Å². The van der Waals surface area contributed by atoms with Crippen molar-refractivity contribution < 1.29 is 19.5 Å². The number of quaternary nitrogens is 1. The Morgan fingerprint density at radius 3 is 2.42 bits per heavy atom. The minimum atomic E-state index is 0.303. The molecule has 1 fully saturated rings. The average molecular weight is 328 g/mol. The molecule has 1 saturated heterocycles. The van der Waals surface area contributed by atoms with Gasteiger partial charge in [0.2, 0.25) is 0 Å². The summed E-state index contributed by atoms with van der Waals surface area (Å²) in [6, 6.07) is 12.7. The molecule has 0 aromatic heterocycles. The Labute approximate surface area is 141 Å². The van der Waals surface area contributed by atoms with E-state index in [0.29, 0.717) is 5.75 Å². The second-order valence-corrected chi connectivity index (χ2v) is 5.75. The third kappa shape index (κ3) is 4.31. The molecular formula is C18H22N3O3+. The number of hydrogen-bond donors (Lipinski definition) is 2. The van der Waals surface area contributed by atoms with Crippen molar-refractivity contribution in [2.24, 2.45) is 10.2 Å². The Balaban J connectivity index is 1.70. The molecule has 0 radical (unpaired) electrons. The number of morpholine rings is 1. The number of nitrogens with zero attached hydrogens (tertiary/aromatic N) is 2. The van der Waals surface area contributed by atoms with Crippen LogP contribution in [0.25, 0.3) is 0 Å². The van der Waals surface area contributed by atoms with Gasteiger partial charge >= 0.3 is 0 Å². The van der Waals surface area contributed by atoms with E-state index in [1.165, 1.54) is 4.90 Å². The maximum Gasteiger partial charge on any atom is 0.124 e. The Morgan fingerprint density at radius 1 is 1.04 bits per heavy atom. The molecule has 0 bridgehead atoms. The lowest BCUT2D eigenvalue weighted by Crippen LogP contribution is -3.12. The highest BCUT2D eigenvalue weighted by Gasteiger charge is 2.16. The number of aromatic hydroxyl groups is 1. The molecule has 3 rings (SSSR count). The van der Waals surface area contributed by atoms with E-state index in [9.17, 15) is 5.11 Å². The topological polar surface area (TPSA) is 67.9 Å². The molecular weight excluding hydrogens is 306 g/mol. The predicted octanol–water partition coefficient (Wildman–Crippen LogP) is 2.23. The molecule has 1 heterocycles. The van der Waals surface area contributed by atoms with E-state index in [2.05, 4.69) is 10.2 Å². The van der Waals surface area contributed by atoms with Crippen molar-refractivity contribution in [2.45, 2.75) is 6.54 Å². The van der Waals surface area contributed by atoms with Crippen molar-refractivity contribution in [2.75, 3.05) is 33.4 Å². The second-order valence-electron chi connectivity index (χ2n) is 5.75. The molecule has 0 amide bonds. The average Bonchev–Trinajstić information content (AvgIpc) is 2.63. The Bertz CT molecular complexity index is 695. The molecule has 1 aliphatic heterocycles. The molecule has 0 unspecified atom stereocenters. The smallest absolute Gasteiger partial charge is 0.124 e. The number of methoxy groups -OCH3 is 1. The van der Waals surface area contributed by atoms with Gasteiger partial charge < -0.3 is 19.5 Å². The summed E-state index contributed by atoms with van der Waals surface area (Å²) in [6.45, 7) is 4.22. The predicted molar refractivity (Wildman–Crippen MR) is 90.5 cm³/mol. The Kier molecular flexibility index (Phi) is 5.40. The fourth-order valence-electron chi connectivity index (χ4n) is 2.65. The van der Waals surface area contributed by atoms with Gasteiger partial charge in [0, 0.05) is 0 Å². The molecule has 6 nitrogen and oxygen atoms in total. The second kappa shape index (κ2) is 7.90. The summed E-state index contributed by atoms with van der Waals surface area (Å²) < 4.78 is 10.5. The van der Waals surface area contributed by atoms with Gasteiger partial charge in [0.05, 0.1) is 37.3 Å². The third-order valence-electron chi connectivity index (χ3n) is 4.06. The first-order valence-electron chi connectivity index (χ1n) is 8.03. The molecule has 2 aromatic rings. The third-order valence-corrected chi connectivity index (χ3v) is 4.06. The molecule has 24 heavy (non-hydrogen) atoms. The van der Waals surface area contributed by atoms with E-state index in [4.69, 9.17) is 9.47 Å². The number of ether oxygens (including phenoxy) is 2. The van der Waals surface area contributed by atoms with Crippen LogP contribution in [-0.4, -0.2) is 38.5 Å². The number of phenols is 1. The summed E-state index contributed by atoms with van der Waals surface area (Å²) in [4.78, 5) is 1.40. The zero-order chi connectivity index (χ0) is 16.8.